The van der Waals surface area contributed by atoms with Crippen molar-refractivity contribution in [3.8, 4) is 0 Å². The minimum Gasteiger partial charge on any atom is -0.311 e. The third-order valence-corrected chi connectivity index (χ3v) is 4.72. The molecule has 0 bridgehead atoms. The molecule has 2 fully saturated rings. The summed E-state index contributed by atoms with van der Waals surface area (Å²) in [6, 6.07) is 1.64. The maximum Gasteiger partial charge on any atom is 0.00940 e. The molecule has 2 nitrogen and oxygen atoms in total. The molecule has 0 aromatic rings. The monoisotopic (exact) mass is 238 g/mol. The van der Waals surface area contributed by atoms with Crippen LogP contribution in [0, 0.1) is 11.8 Å². The summed E-state index contributed by atoms with van der Waals surface area (Å²) in [5, 5.41) is 3.88. The number of nitrogens with one attached hydrogen (secondary N) is 1. The van der Waals surface area contributed by atoms with E-state index in [4.69, 9.17) is 0 Å². The molecule has 1 saturated heterocycles. The summed E-state index contributed by atoms with van der Waals surface area (Å²) < 4.78 is 0. The third kappa shape index (κ3) is 3.69. The average molecular weight is 238 g/mol. The Hall–Kier alpha value is -0.0800. The zero-order chi connectivity index (χ0) is 12.3. The highest BCUT2D eigenvalue weighted by molar-refractivity contribution is 4.90. The molecule has 0 atom stereocenters. The second-order valence-corrected chi connectivity index (χ2v) is 6.46. The van der Waals surface area contributed by atoms with Crippen molar-refractivity contribution in [1.29, 1.82) is 0 Å². The van der Waals surface area contributed by atoms with E-state index in [0.717, 1.165) is 23.9 Å². The Bertz CT molecular complexity index is 213. The van der Waals surface area contributed by atoms with Gasteiger partial charge >= 0.3 is 0 Å². The van der Waals surface area contributed by atoms with Gasteiger partial charge in [0, 0.05) is 12.1 Å². The predicted octanol–water partition coefficient (Wildman–Crippen LogP) is 2.89. The van der Waals surface area contributed by atoms with Gasteiger partial charge in [-0.3, -0.25) is 0 Å². The molecule has 1 aliphatic carbocycles. The lowest BCUT2D eigenvalue weighted by atomic mass is 9.73. The summed E-state index contributed by atoms with van der Waals surface area (Å²) in [6.45, 7) is 10.9. The molecule has 2 rings (SSSR count). The lowest BCUT2D eigenvalue weighted by molar-refractivity contribution is 0.130. The summed E-state index contributed by atoms with van der Waals surface area (Å²) in [5.41, 5.74) is 0. The maximum absolute atomic E-state index is 3.88. The van der Waals surface area contributed by atoms with Crippen LogP contribution >= 0.6 is 0 Å². The van der Waals surface area contributed by atoms with Crippen LogP contribution in [-0.2, 0) is 0 Å². The molecule has 0 aromatic carbocycles. The van der Waals surface area contributed by atoms with E-state index < -0.39 is 0 Å². The second-order valence-electron chi connectivity index (χ2n) is 6.46. The number of rotatable bonds is 5. The van der Waals surface area contributed by atoms with Crippen LogP contribution in [0.4, 0.5) is 0 Å². The first-order valence-electron chi connectivity index (χ1n) is 7.67. The van der Waals surface area contributed by atoms with Crippen LogP contribution in [0.2, 0.25) is 0 Å². The second kappa shape index (κ2) is 6.19. The summed E-state index contributed by atoms with van der Waals surface area (Å²) >= 11 is 0. The molecule has 0 spiro atoms. The largest absolute Gasteiger partial charge is 0.311 e. The number of nitrogens with zero attached hydrogens (tertiary/aromatic N) is 1. The van der Waals surface area contributed by atoms with Crippen LogP contribution in [0.5, 0.6) is 0 Å². The third-order valence-electron chi connectivity index (χ3n) is 4.72. The Morgan fingerprint density at radius 1 is 1.12 bits per heavy atom. The van der Waals surface area contributed by atoms with Crippen LogP contribution in [0.25, 0.3) is 0 Å². The van der Waals surface area contributed by atoms with Gasteiger partial charge in [-0.15, -0.1) is 0 Å². The van der Waals surface area contributed by atoms with Gasteiger partial charge in [0.05, 0.1) is 0 Å². The van der Waals surface area contributed by atoms with E-state index in [2.05, 4.69) is 31.0 Å². The molecule has 2 heteroatoms. The number of hydrogen-bond acceptors (Lipinski definition) is 2. The van der Waals surface area contributed by atoms with Crippen molar-refractivity contribution in [2.75, 3.05) is 19.6 Å². The minimum atomic E-state index is 0.807. The summed E-state index contributed by atoms with van der Waals surface area (Å²) in [4.78, 5) is 2.62. The average Bonchev–Trinajstić information content (AvgIpc) is 2.25. The van der Waals surface area contributed by atoms with Crippen LogP contribution < -0.4 is 5.32 Å². The fraction of sp³-hybridized carbons (Fsp3) is 1.00. The standard InChI is InChI=1S/C15H30N2/c1-4-7-17-8-5-14(6-9-17)16-15-10-13(11-15)12(2)3/h12-16H,4-11H2,1-3H3. The Balaban J connectivity index is 1.60. The van der Waals surface area contributed by atoms with Crippen molar-refractivity contribution in [2.45, 2.75) is 65.0 Å². The summed E-state index contributed by atoms with van der Waals surface area (Å²) in [7, 11) is 0. The molecule has 0 amide bonds. The molecule has 1 saturated carbocycles. The van der Waals surface area contributed by atoms with Gasteiger partial charge in [0.1, 0.15) is 0 Å². The molecule has 0 aromatic heterocycles. The van der Waals surface area contributed by atoms with Gasteiger partial charge in [-0.05, 0) is 63.6 Å². The first-order chi connectivity index (χ1) is 8.19. The highest BCUT2D eigenvalue weighted by Gasteiger charge is 2.32. The normalized spacial score (nSPS) is 31.8. The molecule has 1 aliphatic heterocycles. The zero-order valence-electron chi connectivity index (χ0n) is 11.9. The van der Waals surface area contributed by atoms with Crippen molar-refractivity contribution >= 4 is 0 Å². The Morgan fingerprint density at radius 3 is 2.29 bits per heavy atom. The Labute approximate surface area is 107 Å². The van der Waals surface area contributed by atoms with Crippen molar-refractivity contribution < 1.29 is 0 Å². The lowest BCUT2D eigenvalue weighted by Crippen LogP contribution is -2.51. The molecule has 2 aliphatic rings. The molecule has 100 valence electrons. The first-order valence-corrected chi connectivity index (χ1v) is 7.67. The van der Waals surface area contributed by atoms with Crippen LogP contribution in [-0.4, -0.2) is 36.6 Å². The van der Waals surface area contributed by atoms with E-state index >= 15 is 0 Å². The highest BCUT2D eigenvalue weighted by atomic mass is 15.1. The van der Waals surface area contributed by atoms with Crippen molar-refractivity contribution in [3.63, 3.8) is 0 Å². The summed E-state index contributed by atoms with van der Waals surface area (Å²) in [5.74, 6) is 1.88. The molecular formula is C15H30N2. The van der Waals surface area contributed by atoms with Gasteiger partial charge in [-0.25, -0.2) is 0 Å². The van der Waals surface area contributed by atoms with Crippen LogP contribution in [0.1, 0.15) is 52.9 Å². The number of likely N-dealkylation sites (tertiary alicyclic amines) is 1. The highest BCUT2D eigenvalue weighted by Crippen LogP contribution is 2.34. The van der Waals surface area contributed by atoms with Gasteiger partial charge in [-0.2, -0.15) is 0 Å². The minimum absolute atomic E-state index is 0.807. The smallest absolute Gasteiger partial charge is 0.00940 e. The summed E-state index contributed by atoms with van der Waals surface area (Å²) in [6.07, 6.45) is 6.88. The topological polar surface area (TPSA) is 15.3 Å². The fourth-order valence-electron chi connectivity index (χ4n) is 3.32. The van der Waals surface area contributed by atoms with Crippen LogP contribution in [0.15, 0.2) is 0 Å². The van der Waals surface area contributed by atoms with E-state index in [0.29, 0.717) is 0 Å². The van der Waals surface area contributed by atoms with Crippen LogP contribution in [0.3, 0.4) is 0 Å². The fourth-order valence-corrected chi connectivity index (χ4v) is 3.32. The van der Waals surface area contributed by atoms with E-state index in [1.165, 1.54) is 51.7 Å². The zero-order valence-corrected chi connectivity index (χ0v) is 11.9. The van der Waals surface area contributed by atoms with E-state index in [1.54, 1.807) is 0 Å². The van der Waals surface area contributed by atoms with Crippen molar-refractivity contribution in [3.05, 3.63) is 0 Å². The van der Waals surface area contributed by atoms with Gasteiger partial charge < -0.3 is 10.2 Å². The van der Waals surface area contributed by atoms with E-state index in [-0.39, 0.29) is 0 Å². The SMILES string of the molecule is CCCN1CCC(NC2CC(C(C)C)C2)CC1. The van der Waals surface area contributed by atoms with Crippen molar-refractivity contribution in [1.82, 2.24) is 10.2 Å². The molecule has 1 N–H and O–H groups in total. The molecule has 0 unspecified atom stereocenters. The Morgan fingerprint density at radius 2 is 1.76 bits per heavy atom. The quantitative estimate of drug-likeness (QED) is 0.792. The molecule has 17 heavy (non-hydrogen) atoms. The Kier molecular flexibility index (Phi) is 4.87. The van der Waals surface area contributed by atoms with Gasteiger partial charge in [0.2, 0.25) is 0 Å². The molecule has 1 heterocycles. The van der Waals surface area contributed by atoms with Gasteiger partial charge in [0.25, 0.3) is 0 Å². The molecular weight excluding hydrogens is 208 g/mol. The number of hydrogen-bond donors (Lipinski definition) is 1. The van der Waals surface area contributed by atoms with E-state index in [9.17, 15) is 0 Å². The first kappa shape index (κ1) is 13.4. The predicted molar refractivity (Wildman–Crippen MR) is 74.2 cm³/mol. The van der Waals surface area contributed by atoms with Crippen molar-refractivity contribution in [2.24, 2.45) is 11.8 Å². The lowest BCUT2D eigenvalue weighted by Gasteiger charge is -2.42. The maximum atomic E-state index is 3.88. The van der Waals surface area contributed by atoms with Gasteiger partial charge in [-0.1, -0.05) is 20.8 Å². The van der Waals surface area contributed by atoms with E-state index in [1.807, 2.05) is 0 Å². The molecule has 0 radical (unpaired) electrons. The number of piperidine rings is 1. The van der Waals surface area contributed by atoms with Gasteiger partial charge in [0.15, 0.2) is 0 Å².